The zero-order valence-corrected chi connectivity index (χ0v) is 11.2. The fourth-order valence-corrected chi connectivity index (χ4v) is 3.18. The predicted molar refractivity (Wildman–Crippen MR) is 75.6 cm³/mol. The zero-order valence-electron chi connectivity index (χ0n) is 11.2. The van der Waals surface area contributed by atoms with Gasteiger partial charge in [-0.15, -0.1) is 0 Å². The van der Waals surface area contributed by atoms with Crippen LogP contribution in [0.2, 0.25) is 0 Å². The van der Waals surface area contributed by atoms with Crippen molar-refractivity contribution in [1.82, 2.24) is 0 Å². The highest BCUT2D eigenvalue weighted by molar-refractivity contribution is 5.71. The standard InChI is InChI=1S/C17H20O/c1-11-8-16(9-12(2)17(11)18)15-7-6-13-4-3-5-14(13)10-15/h6-8,10,12,18H,3-5,9H2,1-2H3. The van der Waals surface area contributed by atoms with E-state index >= 15 is 0 Å². The Hall–Kier alpha value is -1.50. The predicted octanol–water partition coefficient (Wildman–Crippen LogP) is 4.43. The molecule has 3 rings (SSSR count). The van der Waals surface area contributed by atoms with Gasteiger partial charge in [0.05, 0.1) is 5.76 Å². The molecule has 1 heteroatoms. The summed E-state index contributed by atoms with van der Waals surface area (Å²) in [5.74, 6) is 0.804. The van der Waals surface area contributed by atoms with Gasteiger partial charge in [-0.1, -0.05) is 31.2 Å². The summed E-state index contributed by atoms with van der Waals surface area (Å²) in [7, 11) is 0. The first-order valence-corrected chi connectivity index (χ1v) is 6.87. The third kappa shape index (κ3) is 1.88. The molecule has 1 nitrogen and oxygen atoms in total. The van der Waals surface area contributed by atoms with E-state index in [0.29, 0.717) is 5.76 Å². The van der Waals surface area contributed by atoms with Gasteiger partial charge in [0.25, 0.3) is 0 Å². The van der Waals surface area contributed by atoms with Crippen LogP contribution in [-0.4, -0.2) is 5.11 Å². The van der Waals surface area contributed by atoms with E-state index in [1.54, 1.807) is 0 Å². The minimum absolute atomic E-state index is 0.248. The third-order valence-corrected chi connectivity index (χ3v) is 4.26. The summed E-state index contributed by atoms with van der Waals surface area (Å²) in [6, 6.07) is 6.89. The number of fused-ring (bicyclic) bond motifs is 1. The average Bonchev–Trinajstić information content (AvgIpc) is 2.82. The van der Waals surface area contributed by atoms with Crippen LogP contribution in [0.4, 0.5) is 0 Å². The molecule has 1 unspecified atom stereocenters. The Bertz CT molecular complexity index is 549. The van der Waals surface area contributed by atoms with Crippen LogP contribution in [0, 0.1) is 5.92 Å². The molecule has 0 aromatic heterocycles. The monoisotopic (exact) mass is 240 g/mol. The van der Waals surface area contributed by atoms with Gasteiger partial charge in [-0.2, -0.15) is 0 Å². The van der Waals surface area contributed by atoms with Crippen LogP contribution in [0.25, 0.3) is 5.57 Å². The number of rotatable bonds is 1. The second kappa shape index (κ2) is 4.31. The molecule has 0 aliphatic heterocycles. The Morgan fingerprint density at radius 3 is 2.72 bits per heavy atom. The number of benzene rings is 1. The van der Waals surface area contributed by atoms with Crippen molar-refractivity contribution >= 4 is 5.57 Å². The van der Waals surface area contributed by atoms with E-state index in [1.807, 2.05) is 6.92 Å². The molecule has 0 saturated heterocycles. The van der Waals surface area contributed by atoms with E-state index in [4.69, 9.17) is 0 Å². The Labute approximate surface area is 109 Å². The van der Waals surface area contributed by atoms with Crippen molar-refractivity contribution in [2.75, 3.05) is 0 Å². The summed E-state index contributed by atoms with van der Waals surface area (Å²) >= 11 is 0. The molecule has 2 aliphatic rings. The molecule has 1 atom stereocenters. The highest BCUT2D eigenvalue weighted by Gasteiger charge is 2.19. The lowest BCUT2D eigenvalue weighted by Gasteiger charge is -2.21. The minimum Gasteiger partial charge on any atom is -0.512 e. The summed E-state index contributed by atoms with van der Waals surface area (Å²) in [5, 5.41) is 9.90. The molecular weight excluding hydrogens is 220 g/mol. The van der Waals surface area contributed by atoms with Gasteiger partial charge in [-0.3, -0.25) is 0 Å². The van der Waals surface area contributed by atoms with Gasteiger partial charge in [-0.05, 0) is 60.4 Å². The molecule has 0 amide bonds. The lowest BCUT2D eigenvalue weighted by Crippen LogP contribution is -2.07. The average molecular weight is 240 g/mol. The highest BCUT2D eigenvalue weighted by atomic mass is 16.3. The van der Waals surface area contributed by atoms with Crippen molar-refractivity contribution < 1.29 is 5.11 Å². The highest BCUT2D eigenvalue weighted by Crippen LogP contribution is 2.35. The van der Waals surface area contributed by atoms with Crippen molar-refractivity contribution in [2.45, 2.75) is 39.5 Å². The van der Waals surface area contributed by atoms with E-state index in [-0.39, 0.29) is 5.92 Å². The Kier molecular flexibility index (Phi) is 2.77. The van der Waals surface area contributed by atoms with Gasteiger partial charge in [0.2, 0.25) is 0 Å². The number of aliphatic hydroxyl groups is 1. The number of hydrogen-bond acceptors (Lipinski definition) is 1. The van der Waals surface area contributed by atoms with Crippen molar-refractivity contribution in [3.8, 4) is 0 Å². The first-order chi connectivity index (χ1) is 8.65. The van der Waals surface area contributed by atoms with E-state index in [0.717, 1.165) is 12.0 Å². The first-order valence-electron chi connectivity index (χ1n) is 6.87. The smallest absolute Gasteiger partial charge is 0.0983 e. The van der Waals surface area contributed by atoms with Crippen LogP contribution in [0.5, 0.6) is 0 Å². The van der Waals surface area contributed by atoms with Crippen LogP contribution in [0.15, 0.2) is 35.6 Å². The molecule has 0 fully saturated rings. The SMILES string of the molecule is CC1=C(O)C(C)CC(c2ccc3c(c2)CCC3)=C1. The second-order valence-corrected chi connectivity index (χ2v) is 5.68. The molecule has 2 aliphatic carbocycles. The lowest BCUT2D eigenvalue weighted by molar-refractivity contribution is 0.335. The molecule has 1 aromatic rings. The molecule has 18 heavy (non-hydrogen) atoms. The molecular formula is C17H20O. The van der Waals surface area contributed by atoms with E-state index in [1.165, 1.54) is 41.5 Å². The summed E-state index contributed by atoms with van der Waals surface area (Å²) in [5.41, 5.74) is 6.78. The molecule has 1 aromatic carbocycles. The second-order valence-electron chi connectivity index (χ2n) is 5.68. The summed E-state index contributed by atoms with van der Waals surface area (Å²) < 4.78 is 0. The number of hydrogen-bond donors (Lipinski definition) is 1. The van der Waals surface area contributed by atoms with Crippen LogP contribution >= 0.6 is 0 Å². The topological polar surface area (TPSA) is 20.2 Å². The molecule has 0 spiro atoms. The normalized spacial score (nSPS) is 23.0. The van der Waals surface area contributed by atoms with E-state index in [2.05, 4.69) is 31.2 Å². The molecule has 1 N–H and O–H groups in total. The molecule has 0 saturated carbocycles. The van der Waals surface area contributed by atoms with Gasteiger partial charge in [0.15, 0.2) is 0 Å². The van der Waals surface area contributed by atoms with Crippen LogP contribution in [0.1, 0.15) is 43.4 Å². The first kappa shape index (κ1) is 11.6. The van der Waals surface area contributed by atoms with Crippen LogP contribution in [0.3, 0.4) is 0 Å². The quantitative estimate of drug-likeness (QED) is 0.770. The van der Waals surface area contributed by atoms with Crippen molar-refractivity contribution in [2.24, 2.45) is 5.92 Å². The Morgan fingerprint density at radius 1 is 1.17 bits per heavy atom. The maximum absolute atomic E-state index is 9.90. The van der Waals surface area contributed by atoms with Gasteiger partial charge in [0, 0.05) is 5.92 Å². The number of aliphatic hydroxyl groups excluding tert-OH is 1. The molecule has 94 valence electrons. The minimum atomic E-state index is 0.248. The summed E-state index contributed by atoms with van der Waals surface area (Å²) in [6.07, 6.45) is 6.86. The lowest BCUT2D eigenvalue weighted by atomic mass is 9.86. The summed E-state index contributed by atoms with van der Waals surface area (Å²) in [6.45, 7) is 4.09. The zero-order chi connectivity index (χ0) is 12.7. The van der Waals surface area contributed by atoms with Gasteiger partial charge < -0.3 is 5.11 Å². The fourth-order valence-electron chi connectivity index (χ4n) is 3.18. The van der Waals surface area contributed by atoms with Gasteiger partial charge in [-0.25, -0.2) is 0 Å². The van der Waals surface area contributed by atoms with E-state index in [9.17, 15) is 5.11 Å². The molecule has 0 heterocycles. The fraction of sp³-hybridized carbons (Fsp3) is 0.412. The Balaban J connectivity index is 1.99. The van der Waals surface area contributed by atoms with Crippen molar-refractivity contribution in [1.29, 1.82) is 0 Å². The number of aryl methyl sites for hydroxylation is 2. The van der Waals surface area contributed by atoms with Crippen LogP contribution in [-0.2, 0) is 12.8 Å². The van der Waals surface area contributed by atoms with Gasteiger partial charge >= 0.3 is 0 Å². The number of allylic oxidation sites excluding steroid dienone is 4. The molecule has 0 radical (unpaired) electrons. The Morgan fingerprint density at radius 2 is 1.94 bits per heavy atom. The molecule has 0 bridgehead atoms. The van der Waals surface area contributed by atoms with Gasteiger partial charge in [0.1, 0.15) is 0 Å². The summed E-state index contributed by atoms with van der Waals surface area (Å²) in [4.78, 5) is 0. The van der Waals surface area contributed by atoms with Crippen LogP contribution < -0.4 is 0 Å². The maximum atomic E-state index is 9.90. The van der Waals surface area contributed by atoms with Crippen molar-refractivity contribution in [3.63, 3.8) is 0 Å². The maximum Gasteiger partial charge on any atom is 0.0983 e. The van der Waals surface area contributed by atoms with E-state index < -0.39 is 0 Å². The van der Waals surface area contributed by atoms with Crippen molar-refractivity contribution in [3.05, 3.63) is 52.3 Å². The largest absolute Gasteiger partial charge is 0.512 e. The third-order valence-electron chi connectivity index (χ3n) is 4.26.